The van der Waals surface area contributed by atoms with E-state index in [-0.39, 0.29) is 5.41 Å². The van der Waals surface area contributed by atoms with E-state index in [9.17, 15) is 0 Å². The van der Waals surface area contributed by atoms with E-state index in [0.717, 1.165) is 5.69 Å². The Balaban J connectivity index is 2.47. The molecular weight excluding hydrogens is 218 g/mol. The van der Waals surface area contributed by atoms with Crippen LogP contribution < -0.4 is 0 Å². The van der Waals surface area contributed by atoms with Crippen LogP contribution in [-0.2, 0) is 5.41 Å². The first kappa shape index (κ1) is 11.5. The van der Waals surface area contributed by atoms with Gasteiger partial charge in [-0.2, -0.15) is 0 Å². The largest absolute Gasteiger partial charge is 0.257 e. The number of fused-ring (bicyclic) bond motifs is 3. The lowest BCUT2D eigenvalue weighted by molar-refractivity contribution is 0.740. The van der Waals surface area contributed by atoms with Crippen molar-refractivity contribution >= 4 is 22.2 Å². The molecule has 0 aliphatic carbocycles. The molecule has 92 valence electrons. The van der Waals surface area contributed by atoms with E-state index in [1.54, 1.807) is 0 Å². The maximum absolute atomic E-state index is 4.73. The minimum absolute atomic E-state index is 0.0507. The fourth-order valence-corrected chi connectivity index (χ4v) is 3.04. The van der Waals surface area contributed by atoms with Gasteiger partial charge in [-0.15, -0.1) is 0 Å². The van der Waals surface area contributed by atoms with Gasteiger partial charge in [0.2, 0.25) is 0 Å². The minimum Gasteiger partial charge on any atom is -0.257 e. The molecule has 2 aromatic rings. The second-order valence-corrected chi connectivity index (χ2v) is 5.96. The highest BCUT2D eigenvalue weighted by Crippen LogP contribution is 2.44. The molecular formula is C17H19N. The van der Waals surface area contributed by atoms with Gasteiger partial charge in [-0.05, 0) is 48.7 Å². The van der Waals surface area contributed by atoms with E-state index in [1.807, 2.05) is 0 Å². The summed E-state index contributed by atoms with van der Waals surface area (Å²) in [6.07, 6.45) is 0. The van der Waals surface area contributed by atoms with Crippen LogP contribution in [0.5, 0.6) is 0 Å². The number of aliphatic imine (C=N–C) groups is 1. The van der Waals surface area contributed by atoms with Crippen LogP contribution in [0.25, 0.3) is 10.8 Å². The highest BCUT2D eigenvalue weighted by molar-refractivity contribution is 6.06. The Morgan fingerprint density at radius 2 is 1.67 bits per heavy atom. The van der Waals surface area contributed by atoms with Gasteiger partial charge >= 0.3 is 0 Å². The Morgan fingerprint density at radius 1 is 0.944 bits per heavy atom. The summed E-state index contributed by atoms with van der Waals surface area (Å²) in [4.78, 5) is 4.73. The molecule has 0 fully saturated rings. The lowest BCUT2D eigenvalue weighted by atomic mass is 9.79. The summed E-state index contributed by atoms with van der Waals surface area (Å²) >= 11 is 0. The maximum atomic E-state index is 4.73. The molecule has 1 nitrogen and oxygen atoms in total. The average molecular weight is 237 g/mol. The van der Waals surface area contributed by atoms with Crippen molar-refractivity contribution in [3.05, 3.63) is 41.0 Å². The Bertz CT molecular complexity index is 690. The molecule has 1 heteroatoms. The van der Waals surface area contributed by atoms with Gasteiger partial charge in [0.15, 0.2) is 0 Å². The molecule has 0 spiro atoms. The Morgan fingerprint density at radius 3 is 2.39 bits per heavy atom. The first-order valence-electron chi connectivity index (χ1n) is 6.51. The number of hydrogen-bond acceptors (Lipinski definition) is 1. The second-order valence-electron chi connectivity index (χ2n) is 5.96. The molecule has 0 bridgehead atoms. The SMILES string of the molecule is CC1=Nc2ccc3c(C)cc(C)cc3c2C1(C)C. The first-order chi connectivity index (χ1) is 8.41. The molecule has 0 aromatic heterocycles. The average Bonchev–Trinajstić information content (AvgIpc) is 2.49. The van der Waals surface area contributed by atoms with Gasteiger partial charge in [0, 0.05) is 11.1 Å². The predicted octanol–water partition coefficient (Wildman–Crippen LogP) is 4.84. The topological polar surface area (TPSA) is 12.4 Å². The number of hydrogen-bond donors (Lipinski definition) is 0. The fourth-order valence-electron chi connectivity index (χ4n) is 3.04. The van der Waals surface area contributed by atoms with E-state index in [4.69, 9.17) is 4.99 Å². The summed E-state index contributed by atoms with van der Waals surface area (Å²) in [5.41, 5.74) is 6.49. The van der Waals surface area contributed by atoms with Crippen molar-refractivity contribution in [2.75, 3.05) is 0 Å². The number of benzene rings is 2. The van der Waals surface area contributed by atoms with E-state index in [2.05, 4.69) is 58.9 Å². The molecule has 1 aliphatic heterocycles. The van der Waals surface area contributed by atoms with Crippen LogP contribution >= 0.6 is 0 Å². The lowest BCUT2D eigenvalue weighted by Gasteiger charge is -2.22. The Kier molecular flexibility index (Phi) is 2.19. The van der Waals surface area contributed by atoms with Crippen molar-refractivity contribution in [1.29, 1.82) is 0 Å². The van der Waals surface area contributed by atoms with Crippen LogP contribution in [0.2, 0.25) is 0 Å². The zero-order valence-electron chi connectivity index (χ0n) is 11.8. The minimum atomic E-state index is 0.0507. The molecule has 0 saturated carbocycles. The second kappa shape index (κ2) is 3.44. The third kappa shape index (κ3) is 1.37. The number of aryl methyl sites for hydroxylation is 2. The van der Waals surface area contributed by atoms with Crippen LogP contribution in [0.3, 0.4) is 0 Å². The van der Waals surface area contributed by atoms with Gasteiger partial charge in [0.1, 0.15) is 0 Å². The predicted molar refractivity (Wildman–Crippen MR) is 79.2 cm³/mol. The molecule has 0 N–H and O–H groups in total. The van der Waals surface area contributed by atoms with Crippen molar-refractivity contribution in [1.82, 2.24) is 0 Å². The van der Waals surface area contributed by atoms with Crippen molar-refractivity contribution in [3.8, 4) is 0 Å². The summed E-state index contributed by atoms with van der Waals surface area (Å²) in [5.74, 6) is 0. The normalized spacial score (nSPS) is 16.8. The molecule has 0 amide bonds. The standard InChI is InChI=1S/C17H19N/c1-10-8-11(2)13-6-7-15-16(14(13)9-10)17(4,5)12(3)18-15/h6-9H,1-5H3. The first-order valence-corrected chi connectivity index (χ1v) is 6.51. The number of rotatable bonds is 0. The van der Waals surface area contributed by atoms with Crippen molar-refractivity contribution in [2.45, 2.75) is 40.0 Å². The van der Waals surface area contributed by atoms with Crippen LogP contribution in [0, 0.1) is 13.8 Å². The van der Waals surface area contributed by atoms with E-state index < -0.39 is 0 Å². The molecule has 18 heavy (non-hydrogen) atoms. The van der Waals surface area contributed by atoms with Gasteiger partial charge in [0.05, 0.1) is 5.69 Å². The van der Waals surface area contributed by atoms with Crippen LogP contribution in [0.4, 0.5) is 5.69 Å². The molecule has 1 heterocycles. The summed E-state index contributed by atoms with van der Waals surface area (Å²) in [6, 6.07) is 8.93. The van der Waals surface area contributed by atoms with Crippen molar-refractivity contribution in [3.63, 3.8) is 0 Å². The summed E-state index contributed by atoms with van der Waals surface area (Å²) in [6.45, 7) is 11.0. The molecule has 3 rings (SSSR count). The molecule has 0 atom stereocenters. The summed E-state index contributed by atoms with van der Waals surface area (Å²) in [5, 5.41) is 2.73. The molecule has 0 radical (unpaired) electrons. The van der Waals surface area contributed by atoms with Crippen LogP contribution in [-0.4, -0.2) is 5.71 Å². The quantitative estimate of drug-likeness (QED) is 0.621. The fraction of sp³-hybridized carbons (Fsp3) is 0.353. The third-order valence-corrected chi connectivity index (χ3v) is 4.28. The van der Waals surface area contributed by atoms with Crippen molar-refractivity contribution < 1.29 is 0 Å². The molecule has 0 saturated heterocycles. The van der Waals surface area contributed by atoms with Crippen LogP contribution in [0.15, 0.2) is 29.3 Å². The van der Waals surface area contributed by atoms with Gasteiger partial charge in [-0.3, -0.25) is 4.99 Å². The van der Waals surface area contributed by atoms with Gasteiger partial charge in [-0.25, -0.2) is 0 Å². The Hall–Kier alpha value is -1.63. The van der Waals surface area contributed by atoms with E-state index in [1.165, 1.54) is 33.2 Å². The Labute approximate surface area is 109 Å². The zero-order valence-corrected chi connectivity index (χ0v) is 11.8. The molecule has 2 aromatic carbocycles. The molecule has 0 unspecified atom stereocenters. The third-order valence-electron chi connectivity index (χ3n) is 4.28. The summed E-state index contributed by atoms with van der Waals surface area (Å²) < 4.78 is 0. The van der Waals surface area contributed by atoms with E-state index >= 15 is 0 Å². The smallest absolute Gasteiger partial charge is 0.0677 e. The highest BCUT2D eigenvalue weighted by Gasteiger charge is 2.33. The molecule has 1 aliphatic rings. The van der Waals surface area contributed by atoms with Gasteiger partial charge < -0.3 is 0 Å². The van der Waals surface area contributed by atoms with Crippen LogP contribution in [0.1, 0.15) is 37.5 Å². The summed E-state index contributed by atoms with van der Waals surface area (Å²) in [7, 11) is 0. The van der Waals surface area contributed by atoms with E-state index in [0.29, 0.717) is 0 Å². The highest BCUT2D eigenvalue weighted by atomic mass is 14.8. The monoisotopic (exact) mass is 237 g/mol. The zero-order chi connectivity index (χ0) is 13.1. The lowest BCUT2D eigenvalue weighted by Crippen LogP contribution is -2.23. The van der Waals surface area contributed by atoms with Crippen molar-refractivity contribution in [2.24, 2.45) is 4.99 Å². The number of nitrogens with zero attached hydrogens (tertiary/aromatic N) is 1. The van der Waals surface area contributed by atoms with Gasteiger partial charge in [-0.1, -0.05) is 37.6 Å². The maximum Gasteiger partial charge on any atom is 0.0677 e. The van der Waals surface area contributed by atoms with Gasteiger partial charge in [0.25, 0.3) is 0 Å².